The lowest BCUT2D eigenvalue weighted by Gasteiger charge is -2.11. The van der Waals surface area contributed by atoms with Gasteiger partial charge >= 0.3 is 0 Å². The summed E-state index contributed by atoms with van der Waals surface area (Å²) in [4.78, 5) is 13.3. The number of hydrogen-bond acceptors (Lipinski definition) is 2. The van der Waals surface area contributed by atoms with E-state index in [0.717, 1.165) is 32.4 Å². The number of carbonyl (C=O) groups is 1. The topological polar surface area (TPSA) is 29.3 Å². The standard InChI is InChI=1S/C9H15NO2/c1-2-7-3-4-8(12-7)9(11)10-5-6-10/h7-8H,2-6H2,1H3. The molecule has 68 valence electrons. The van der Waals surface area contributed by atoms with Gasteiger partial charge in [0.05, 0.1) is 6.10 Å². The van der Waals surface area contributed by atoms with Crippen molar-refractivity contribution in [2.75, 3.05) is 13.1 Å². The zero-order chi connectivity index (χ0) is 8.55. The van der Waals surface area contributed by atoms with Gasteiger partial charge in [0.15, 0.2) is 0 Å². The van der Waals surface area contributed by atoms with E-state index in [9.17, 15) is 4.79 Å². The molecule has 2 aliphatic heterocycles. The third kappa shape index (κ3) is 1.46. The molecule has 3 nitrogen and oxygen atoms in total. The highest BCUT2D eigenvalue weighted by atomic mass is 16.5. The highest BCUT2D eigenvalue weighted by Gasteiger charge is 2.36. The van der Waals surface area contributed by atoms with Crippen molar-refractivity contribution in [2.45, 2.75) is 38.4 Å². The second-order valence-corrected chi connectivity index (χ2v) is 3.56. The minimum Gasteiger partial charge on any atom is -0.365 e. The van der Waals surface area contributed by atoms with Crippen LogP contribution in [-0.2, 0) is 9.53 Å². The van der Waals surface area contributed by atoms with Crippen molar-refractivity contribution in [3.8, 4) is 0 Å². The smallest absolute Gasteiger partial charge is 0.251 e. The van der Waals surface area contributed by atoms with E-state index in [2.05, 4.69) is 6.92 Å². The van der Waals surface area contributed by atoms with Crippen LogP contribution in [0.1, 0.15) is 26.2 Å². The molecule has 2 fully saturated rings. The predicted molar refractivity (Wildman–Crippen MR) is 44.8 cm³/mol. The fourth-order valence-electron chi connectivity index (χ4n) is 1.66. The summed E-state index contributed by atoms with van der Waals surface area (Å²) in [6.07, 6.45) is 3.23. The molecular weight excluding hydrogens is 154 g/mol. The molecule has 3 heteroatoms. The Morgan fingerprint density at radius 2 is 2.25 bits per heavy atom. The van der Waals surface area contributed by atoms with Gasteiger partial charge in [0.2, 0.25) is 0 Å². The molecule has 0 aromatic carbocycles. The zero-order valence-corrected chi connectivity index (χ0v) is 7.45. The summed E-state index contributed by atoms with van der Waals surface area (Å²) < 4.78 is 5.58. The van der Waals surface area contributed by atoms with Gasteiger partial charge < -0.3 is 9.64 Å². The molecule has 0 N–H and O–H groups in total. The van der Waals surface area contributed by atoms with Crippen LogP contribution in [0.15, 0.2) is 0 Å². The highest BCUT2D eigenvalue weighted by Crippen LogP contribution is 2.24. The average Bonchev–Trinajstić information content (AvgIpc) is 2.82. The largest absolute Gasteiger partial charge is 0.365 e. The minimum absolute atomic E-state index is 0.113. The molecule has 1 amide bonds. The molecule has 0 bridgehead atoms. The molecule has 0 spiro atoms. The van der Waals surface area contributed by atoms with Gasteiger partial charge in [-0.25, -0.2) is 0 Å². The van der Waals surface area contributed by atoms with Crippen LogP contribution in [0.3, 0.4) is 0 Å². The maximum Gasteiger partial charge on any atom is 0.251 e. The molecule has 2 aliphatic rings. The molecule has 2 rings (SSSR count). The highest BCUT2D eigenvalue weighted by molar-refractivity contribution is 5.83. The molecule has 2 heterocycles. The first-order chi connectivity index (χ1) is 5.81. The summed E-state index contributed by atoms with van der Waals surface area (Å²) in [5.41, 5.74) is 0. The predicted octanol–water partition coefficient (Wildman–Crippen LogP) is 0.786. The fourth-order valence-corrected chi connectivity index (χ4v) is 1.66. The van der Waals surface area contributed by atoms with Crippen molar-refractivity contribution >= 4 is 5.91 Å². The molecular formula is C9H15NO2. The SMILES string of the molecule is CCC1CCC(C(=O)N2CC2)O1. The minimum atomic E-state index is -0.113. The second kappa shape index (κ2) is 3.05. The van der Waals surface area contributed by atoms with Gasteiger partial charge in [-0.3, -0.25) is 4.79 Å². The zero-order valence-electron chi connectivity index (χ0n) is 7.45. The quantitative estimate of drug-likeness (QED) is 0.572. The van der Waals surface area contributed by atoms with Crippen LogP contribution in [-0.4, -0.2) is 36.1 Å². The third-order valence-corrected chi connectivity index (χ3v) is 2.60. The van der Waals surface area contributed by atoms with Gasteiger partial charge in [-0.05, 0) is 19.3 Å². The lowest BCUT2D eigenvalue weighted by molar-refractivity contribution is -0.137. The lowest BCUT2D eigenvalue weighted by Crippen LogP contribution is -2.27. The second-order valence-electron chi connectivity index (χ2n) is 3.56. The van der Waals surface area contributed by atoms with Crippen LogP contribution < -0.4 is 0 Å². The van der Waals surface area contributed by atoms with E-state index in [1.54, 1.807) is 0 Å². The van der Waals surface area contributed by atoms with Gasteiger partial charge in [-0.1, -0.05) is 6.92 Å². The Bertz CT molecular complexity index is 189. The summed E-state index contributed by atoms with van der Waals surface area (Å²) >= 11 is 0. The van der Waals surface area contributed by atoms with E-state index in [-0.39, 0.29) is 12.0 Å². The van der Waals surface area contributed by atoms with E-state index in [0.29, 0.717) is 6.10 Å². The molecule has 2 unspecified atom stereocenters. The van der Waals surface area contributed by atoms with Crippen molar-refractivity contribution in [2.24, 2.45) is 0 Å². The van der Waals surface area contributed by atoms with E-state index in [4.69, 9.17) is 4.74 Å². The lowest BCUT2D eigenvalue weighted by atomic mass is 10.1. The Morgan fingerprint density at radius 1 is 1.50 bits per heavy atom. The van der Waals surface area contributed by atoms with Crippen molar-refractivity contribution in [3.63, 3.8) is 0 Å². The molecule has 12 heavy (non-hydrogen) atoms. The maximum absolute atomic E-state index is 11.5. The molecule has 0 aromatic rings. The number of amides is 1. The number of nitrogens with zero attached hydrogens (tertiary/aromatic N) is 1. The summed E-state index contributed by atoms with van der Waals surface area (Å²) in [6.45, 7) is 3.99. The third-order valence-electron chi connectivity index (χ3n) is 2.60. The first-order valence-corrected chi connectivity index (χ1v) is 4.75. The maximum atomic E-state index is 11.5. The molecule has 2 atom stereocenters. The van der Waals surface area contributed by atoms with Crippen LogP contribution in [0.4, 0.5) is 0 Å². The number of rotatable bonds is 2. The molecule has 0 aliphatic carbocycles. The molecule has 2 saturated heterocycles. The van der Waals surface area contributed by atoms with E-state index in [1.165, 1.54) is 0 Å². The van der Waals surface area contributed by atoms with Crippen molar-refractivity contribution in [3.05, 3.63) is 0 Å². The summed E-state index contributed by atoms with van der Waals surface area (Å²) in [5, 5.41) is 0. The average molecular weight is 169 g/mol. The number of ether oxygens (including phenoxy) is 1. The van der Waals surface area contributed by atoms with Crippen molar-refractivity contribution in [1.29, 1.82) is 0 Å². The first kappa shape index (κ1) is 8.05. The van der Waals surface area contributed by atoms with E-state index >= 15 is 0 Å². The fraction of sp³-hybridized carbons (Fsp3) is 0.889. The molecule has 0 aromatic heterocycles. The van der Waals surface area contributed by atoms with Gasteiger partial charge in [-0.15, -0.1) is 0 Å². The number of carbonyl (C=O) groups excluding carboxylic acids is 1. The Morgan fingerprint density at radius 3 is 2.75 bits per heavy atom. The van der Waals surface area contributed by atoms with Gasteiger partial charge in [0, 0.05) is 13.1 Å². The summed E-state index contributed by atoms with van der Waals surface area (Å²) in [7, 11) is 0. The summed E-state index contributed by atoms with van der Waals surface area (Å²) in [6, 6.07) is 0. The molecule has 0 radical (unpaired) electrons. The van der Waals surface area contributed by atoms with Crippen LogP contribution in [0.5, 0.6) is 0 Å². The Balaban J connectivity index is 1.85. The Hall–Kier alpha value is -0.570. The van der Waals surface area contributed by atoms with Crippen molar-refractivity contribution in [1.82, 2.24) is 4.90 Å². The van der Waals surface area contributed by atoms with Crippen LogP contribution in [0.25, 0.3) is 0 Å². The summed E-state index contributed by atoms with van der Waals surface area (Å²) in [5.74, 6) is 0.214. The van der Waals surface area contributed by atoms with Gasteiger partial charge in [0.1, 0.15) is 6.10 Å². The number of hydrogen-bond donors (Lipinski definition) is 0. The van der Waals surface area contributed by atoms with Crippen molar-refractivity contribution < 1.29 is 9.53 Å². The Labute approximate surface area is 72.7 Å². The Kier molecular flexibility index (Phi) is 2.05. The monoisotopic (exact) mass is 169 g/mol. The first-order valence-electron chi connectivity index (χ1n) is 4.75. The normalized spacial score (nSPS) is 33.9. The molecule has 0 saturated carbocycles. The van der Waals surface area contributed by atoms with E-state index < -0.39 is 0 Å². The van der Waals surface area contributed by atoms with Crippen LogP contribution in [0.2, 0.25) is 0 Å². The van der Waals surface area contributed by atoms with Gasteiger partial charge in [0.25, 0.3) is 5.91 Å². The van der Waals surface area contributed by atoms with Crippen LogP contribution >= 0.6 is 0 Å². The van der Waals surface area contributed by atoms with Crippen LogP contribution in [0, 0.1) is 0 Å². The van der Waals surface area contributed by atoms with E-state index in [1.807, 2.05) is 4.90 Å². The van der Waals surface area contributed by atoms with Gasteiger partial charge in [-0.2, -0.15) is 0 Å².